The van der Waals surface area contributed by atoms with Gasteiger partial charge in [0.2, 0.25) is 0 Å². The van der Waals surface area contributed by atoms with Crippen LogP contribution in [0, 0.1) is 0 Å². The minimum atomic E-state index is -1.09. The van der Waals surface area contributed by atoms with Gasteiger partial charge in [0, 0.05) is 6.07 Å². The molecule has 0 amide bonds. The molecule has 1 N–H and O–H groups in total. The largest absolute Gasteiger partial charge is 0.476 e. The molecule has 15 heavy (non-hydrogen) atoms. The Morgan fingerprint density at radius 3 is 3.00 bits per heavy atom. The van der Waals surface area contributed by atoms with Gasteiger partial charge in [0.15, 0.2) is 11.5 Å². The Hall–Kier alpha value is -1.36. The van der Waals surface area contributed by atoms with Crippen LogP contribution in [-0.4, -0.2) is 22.3 Å². The molecule has 1 aromatic rings. The molecule has 0 saturated carbocycles. The van der Waals surface area contributed by atoms with E-state index in [1.165, 1.54) is 6.07 Å². The first kappa shape index (κ1) is 11.7. The van der Waals surface area contributed by atoms with Crippen LogP contribution in [-0.2, 0) is 11.3 Å². The zero-order chi connectivity index (χ0) is 11.3. The summed E-state index contributed by atoms with van der Waals surface area (Å²) < 4.78 is 10.2. The van der Waals surface area contributed by atoms with Crippen molar-refractivity contribution in [2.24, 2.45) is 0 Å². The van der Waals surface area contributed by atoms with Crippen molar-refractivity contribution in [1.82, 2.24) is 5.16 Å². The second kappa shape index (κ2) is 5.50. The maximum absolute atomic E-state index is 10.5. The van der Waals surface area contributed by atoms with E-state index >= 15 is 0 Å². The van der Waals surface area contributed by atoms with Crippen LogP contribution in [0.1, 0.15) is 42.9 Å². The fourth-order valence-electron chi connectivity index (χ4n) is 1.20. The predicted octanol–water partition coefficient (Wildman–Crippen LogP) is 2.08. The lowest BCUT2D eigenvalue weighted by molar-refractivity contribution is 0.0344. The Kier molecular flexibility index (Phi) is 4.30. The smallest absolute Gasteiger partial charge is 0.358 e. The third-order valence-corrected chi connectivity index (χ3v) is 1.98. The number of carbonyl (C=O) groups is 1. The predicted molar refractivity (Wildman–Crippen MR) is 52.6 cm³/mol. The molecule has 0 fully saturated rings. The van der Waals surface area contributed by atoms with E-state index in [1.54, 1.807) is 0 Å². The first-order valence-corrected chi connectivity index (χ1v) is 4.94. The fourth-order valence-corrected chi connectivity index (χ4v) is 1.20. The minimum Gasteiger partial charge on any atom is -0.476 e. The summed E-state index contributed by atoms with van der Waals surface area (Å²) in [5, 5.41) is 12.0. The molecule has 1 rings (SSSR count). The van der Waals surface area contributed by atoms with Crippen molar-refractivity contribution in [1.29, 1.82) is 0 Å². The van der Waals surface area contributed by atoms with Crippen molar-refractivity contribution in [3.05, 3.63) is 17.5 Å². The monoisotopic (exact) mass is 213 g/mol. The summed E-state index contributed by atoms with van der Waals surface area (Å²) in [6, 6.07) is 1.38. The standard InChI is InChI=1S/C10H15NO4/c1-3-4-7(2)14-6-8-5-9(10(12)13)11-15-8/h5,7H,3-4,6H2,1-2H3,(H,12,13). The SMILES string of the molecule is CCCC(C)OCc1cc(C(=O)O)no1. The van der Waals surface area contributed by atoms with Crippen molar-refractivity contribution >= 4 is 5.97 Å². The molecule has 0 bridgehead atoms. The molecule has 0 aliphatic rings. The van der Waals surface area contributed by atoms with Crippen molar-refractivity contribution in [3.63, 3.8) is 0 Å². The average molecular weight is 213 g/mol. The van der Waals surface area contributed by atoms with Crippen molar-refractivity contribution in [3.8, 4) is 0 Å². The number of nitrogens with zero attached hydrogens (tertiary/aromatic N) is 1. The van der Waals surface area contributed by atoms with Gasteiger partial charge in [0.05, 0.1) is 6.10 Å². The van der Waals surface area contributed by atoms with Gasteiger partial charge in [-0.05, 0) is 13.3 Å². The molecule has 0 saturated heterocycles. The number of carboxylic acid groups (broad SMARTS) is 1. The number of aromatic nitrogens is 1. The summed E-state index contributed by atoms with van der Waals surface area (Å²) in [6.45, 7) is 4.32. The van der Waals surface area contributed by atoms with E-state index in [2.05, 4.69) is 12.1 Å². The molecular formula is C10H15NO4. The van der Waals surface area contributed by atoms with Gasteiger partial charge in [-0.3, -0.25) is 0 Å². The minimum absolute atomic E-state index is 0.0863. The van der Waals surface area contributed by atoms with Gasteiger partial charge in [-0.25, -0.2) is 4.79 Å². The molecule has 0 spiro atoms. The summed E-state index contributed by atoms with van der Waals surface area (Å²) in [4.78, 5) is 10.5. The Morgan fingerprint density at radius 1 is 1.73 bits per heavy atom. The van der Waals surface area contributed by atoms with Gasteiger partial charge in [0.25, 0.3) is 0 Å². The van der Waals surface area contributed by atoms with E-state index in [9.17, 15) is 4.79 Å². The molecule has 1 unspecified atom stereocenters. The molecular weight excluding hydrogens is 198 g/mol. The normalized spacial score (nSPS) is 12.7. The fraction of sp³-hybridized carbons (Fsp3) is 0.600. The van der Waals surface area contributed by atoms with E-state index < -0.39 is 5.97 Å². The topological polar surface area (TPSA) is 72.6 Å². The lowest BCUT2D eigenvalue weighted by Gasteiger charge is -2.09. The molecule has 0 aliphatic carbocycles. The van der Waals surface area contributed by atoms with Crippen LogP contribution in [0.5, 0.6) is 0 Å². The highest BCUT2D eigenvalue weighted by Crippen LogP contribution is 2.08. The first-order valence-electron chi connectivity index (χ1n) is 4.94. The zero-order valence-corrected chi connectivity index (χ0v) is 8.90. The van der Waals surface area contributed by atoms with Gasteiger partial charge in [0.1, 0.15) is 6.61 Å². The van der Waals surface area contributed by atoms with Gasteiger partial charge in [-0.15, -0.1) is 0 Å². The highest BCUT2D eigenvalue weighted by Gasteiger charge is 2.11. The van der Waals surface area contributed by atoms with Crippen LogP contribution >= 0.6 is 0 Å². The average Bonchev–Trinajstić information content (AvgIpc) is 2.63. The van der Waals surface area contributed by atoms with Crippen LogP contribution in [0.4, 0.5) is 0 Å². The molecule has 0 aromatic carbocycles. The van der Waals surface area contributed by atoms with E-state index in [0.29, 0.717) is 5.76 Å². The summed E-state index contributed by atoms with van der Waals surface area (Å²) in [6.07, 6.45) is 2.17. The third kappa shape index (κ3) is 3.71. The molecule has 5 nitrogen and oxygen atoms in total. The highest BCUT2D eigenvalue weighted by atomic mass is 16.5. The maximum Gasteiger partial charge on any atom is 0.358 e. The van der Waals surface area contributed by atoms with Crippen LogP contribution < -0.4 is 0 Å². The molecule has 1 heterocycles. The van der Waals surface area contributed by atoms with Crippen LogP contribution in [0.25, 0.3) is 0 Å². The molecule has 5 heteroatoms. The first-order chi connectivity index (χ1) is 7.13. The highest BCUT2D eigenvalue weighted by molar-refractivity contribution is 5.85. The molecule has 0 radical (unpaired) electrons. The number of rotatable bonds is 6. The Labute approximate surface area is 88.0 Å². The van der Waals surface area contributed by atoms with Gasteiger partial charge in [-0.1, -0.05) is 18.5 Å². The van der Waals surface area contributed by atoms with Crippen LogP contribution in [0.2, 0.25) is 0 Å². The number of ether oxygens (including phenoxy) is 1. The number of hydrogen-bond donors (Lipinski definition) is 1. The van der Waals surface area contributed by atoms with E-state index in [0.717, 1.165) is 12.8 Å². The van der Waals surface area contributed by atoms with Gasteiger partial charge >= 0.3 is 5.97 Å². The molecule has 84 valence electrons. The number of hydrogen-bond acceptors (Lipinski definition) is 4. The molecule has 1 aromatic heterocycles. The van der Waals surface area contributed by atoms with Crippen LogP contribution in [0.15, 0.2) is 10.6 Å². The Bertz CT molecular complexity index is 321. The second-order valence-electron chi connectivity index (χ2n) is 3.39. The van der Waals surface area contributed by atoms with E-state index in [4.69, 9.17) is 14.4 Å². The van der Waals surface area contributed by atoms with Crippen molar-refractivity contribution in [2.75, 3.05) is 0 Å². The summed E-state index contributed by atoms with van der Waals surface area (Å²) in [5.74, 6) is -0.651. The van der Waals surface area contributed by atoms with E-state index in [-0.39, 0.29) is 18.4 Å². The Morgan fingerprint density at radius 2 is 2.47 bits per heavy atom. The van der Waals surface area contributed by atoms with E-state index in [1.807, 2.05) is 6.92 Å². The Balaban J connectivity index is 2.40. The summed E-state index contributed by atoms with van der Waals surface area (Å²) in [7, 11) is 0. The summed E-state index contributed by atoms with van der Waals surface area (Å²) in [5.41, 5.74) is -0.0863. The lowest BCUT2D eigenvalue weighted by atomic mass is 10.2. The maximum atomic E-state index is 10.5. The third-order valence-electron chi connectivity index (χ3n) is 1.98. The number of aromatic carboxylic acids is 1. The van der Waals surface area contributed by atoms with Crippen molar-refractivity contribution < 1.29 is 19.2 Å². The molecule has 0 aliphatic heterocycles. The van der Waals surface area contributed by atoms with Gasteiger partial charge in [-0.2, -0.15) is 0 Å². The number of carboxylic acids is 1. The zero-order valence-electron chi connectivity index (χ0n) is 8.90. The van der Waals surface area contributed by atoms with Crippen LogP contribution in [0.3, 0.4) is 0 Å². The quantitative estimate of drug-likeness (QED) is 0.783. The van der Waals surface area contributed by atoms with Gasteiger partial charge < -0.3 is 14.4 Å². The summed E-state index contributed by atoms with van der Waals surface area (Å²) >= 11 is 0. The van der Waals surface area contributed by atoms with Crippen molar-refractivity contribution in [2.45, 2.75) is 39.4 Å². The second-order valence-corrected chi connectivity index (χ2v) is 3.39. The lowest BCUT2D eigenvalue weighted by Crippen LogP contribution is -2.06. The molecule has 1 atom stereocenters.